The number of rotatable bonds is 2. The number of thiophene rings is 3. The van der Waals surface area contributed by atoms with Gasteiger partial charge in [-0.15, -0.1) is 34.0 Å². The molecule has 1 aliphatic heterocycles. The van der Waals surface area contributed by atoms with Gasteiger partial charge in [0.05, 0.1) is 19.2 Å². The van der Waals surface area contributed by atoms with Crippen molar-refractivity contribution in [3.63, 3.8) is 0 Å². The Morgan fingerprint density at radius 3 is 1.68 bits per heavy atom. The predicted octanol–water partition coefficient (Wildman–Crippen LogP) is 7.38. The minimum Gasteiger partial charge on any atom is -0.480 e. The molecule has 3 aromatic heterocycles. The van der Waals surface area contributed by atoms with Crippen LogP contribution in [0.4, 0.5) is 10.0 Å². The number of nitrogens with zero attached hydrogens (tertiary/aromatic N) is 2. The molecule has 0 amide bonds. The van der Waals surface area contributed by atoms with E-state index in [1.807, 2.05) is 26.0 Å². The van der Waals surface area contributed by atoms with E-state index in [2.05, 4.69) is 9.98 Å². The number of Topliss-reactive ketones (excluding diaryl/α,β-unsaturated/α-hetero) is 4. The molecule has 5 aliphatic rings. The highest BCUT2D eigenvalue weighted by molar-refractivity contribution is 7.33. The number of ether oxygens (including phenoxy) is 1. The molecule has 8 rings (SSSR count). The van der Waals surface area contributed by atoms with Crippen LogP contribution in [-0.4, -0.2) is 34.6 Å². The Morgan fingerprint density at radius 2 is 1.17 bits per heavy atom. The lowest BCUT2D eigenvalue weighted by Gasteiger charge is -2.31. The van der Waals surface area contributed by atoms with Gasteiger partial charge in [0.15, 0.2) is 40.3 Å². The molecule has 4 fully saturated rings. The van der Waals surface area contributed by atoms with Crippen LogP contribution in [-0.2, 0) is 24.8 Å². The number of carbonyl (C=O) groups excluding carboxylic acids is 4. The summed E-state index contributed by atoms with van der Waals surface area (Å²) in [5.41, 5.74) is 0.576. The van der Waals surface area contributed by atoms with Crippen molar-refractivity contribution < 1.29 is 23.9 Å². The summed E-state index contributed by atoms with van der Waals surface area (Å²) in [4.78, 5) is 63.4. The normalized spacial score (nSPS) is 28.4. The molecule has 0 aromatic carbocycles. The highest BCUT2D eigenvalue weighted by Gasteiger charge is 2.49. The Balaban J connectivity index is 1.16. The first-order chi connectivity index (χ1) is 19.7. The van der Waals surface area contributed by atoms with E-state index in [1.54, 1.807) is 11.3 Å². The first-order valence-corrected chi connectivity index (χ1v) is 16.9. The Bertz CT molecular complexity index is 1720. The van der Waals surface area contributed by atoms with Crippen molar-refractivity contribution in [3.8, 4) is 15.5 Å². The van der Waals surface area contributed by atoms with Gasteiger partial charge < -0.3 is 4.74 Å². The van der Waals surface area contributed by atoms with Crippen molar-refractivity contribution in [2.45, 2.75) is 70.8 Å². The van der Waals surface area contributed by atoms with Crippen molar-refractivity contribution in [2.24, 2.45) is 33.7 Å². The van der Waals surface area contributed by atoms with Gasteiger partial charge in [0.2, 0.25) is 0 Å². The molecule has 41 heavy (non-hydrogen) atoms. The van der Waals surface area contributed by atoms with Crippen LogP contribution < -0.4 is 4.74 Å². The monoisotopic (exact) mass is 604 g/mol. The molecular weight excluding hydrogens is 577 g/mol. The van der Waals surface area contributed by atoms with Crippen LogP contribution in [0.25, 0.3) is 19.2 Å². The minimum absolute atomic E-state index is 0.0910. The molecule has 4 aliphatic carbocycles. The molecule has 4 atom stereocenters. The van der Waals surface area contributed by atoms with Gasteiger partial charge in [-0.1, -0.05) is 25.7 Å². The molecular formula is C31H28N2O5S3. The standard InChI is InChI=1S/C31H28N2O5S3/c1-31(2)17-11-19(32-21-23(34)13-7-3-4-8-14(13)24(21)35)40-28(17)30-27(38-31)29-18(39-30)12-20(41-29)33-22-25(36)15-9-5-6-10-16(15)26(22)37/h11-16H,3-10H2,1-2H3. The van der Waals surface area contributed by atoms with E-state index in [9.17, 15) is 19.2 Å². The van der Waals surface area contributed by atoms with Crippen LogP contribution >= 0.6 is 34.0 Å². The molecule has 4 heterocycles. The van der Waals surface area contributed by atoms with Crippen LogP contribution in [0, 0.1) is 23.7 Å². The van der Waals surface area contributed by atoms with E-state index in [0.29, 0.717) is 10.0 Å². The zero-order valence-electron chi connectivity index (χ0n) is 22.8. The van der Waals surface area contributed by atoms with Crippen LogP contribution in [0.3, 0.4) is 0 Å². The summed E-state index contributed by atoms with van der Waals surface area (Å²) < 4.78 is 8.51. The average Bonchev–Trinajstić information content (AvgIpc) is 3.74. The maximum atomic E-state index is 13.1. The van der Waals surface area contributed by atoms with Crippen molar-refractivity contribution in [1.29, 1.82) is 0 Å². The molecule has 7 nitrogen and oxygen atoms in total. The second kappa shape index (κ2) is 9.09. The molecule has 0 radical (unpaired) electrons. The topological polar surface area (TPSA) is 102 Å². The third kappa shape index (κ3) is 3.79. The fourth-order valence-electron chi connectivity index (χ4n) is 7.41. The Labute approximate surface area is 248 Å². The van der Waals surface area contributed by atoms with E-state index in [-0.39, 0.29) is 58.2 Å². The quantitative estimate of drug-likeness (QED) is 0.304. The van der Waals surface area contributed by atoms with Gasteiger partial charge in [-0.3, -0.25) is 19.2 Å². The zero-order valence-corrected chi connectivity index (χ0v) is 25.2. The molecule has 4 saturated carbocycles. The fourth-order valence-corrected chi connectivity index (χ4v) is 11.1. The summed E-state index contributed by atoms with van der Waals surface area (Å²) in [5, 5.41) is 1.30. The van der Waals surface area contributed by atoms with Crippen molar-refractivity contribution >= 4 is 88.0 Å². The summed E-state index contributed by atoms with van der Waals surface area (Å²) in [5.74, 6) is -0.370. The first kappa shape index (κ1) is 25.9. The number of ketones is 4. The first-order valence-electron chi connectivity index (χ1n) is 14.5. The van der Waals surface area contributed by atoms with E-state index < -0.39 is 5.60 Å². The molecule has 0 N–H and O–H groups in total. The molecule has 0 spiro atoms. The largest absolute Gasteiger partial charge is 0.480 e. The summed E-state index contributed by atoms with van der Waals surface area (Å²) in [6.07, 6.45) is 7.10. The van der Waals surface area contributed by atoms with Gasteiger partial charge in [0.25, 0.3) is 0 Å². The highest BCUT2D eigenvalue weighted by Crippen LogP contribution is 2.59. The number of carbonyl (C=O) groups is 4. The SMILES string of the molecule is CC1(C)Oc2c(sc3cc(N=C4C(=O)C5CCCCC5C4=O)sc23)-c2sc(N=C3C(=O)C4CCCCC4C3=O)cc21. The maximum Gasteiger partial charge on any atom is 0.188 e. The molecule has 10 heteroatoms. The van der Waals surface area contributed by atoms with Crippen LogP contribution in [0.1, 0.15) is 70.8 Å². The predicted molar refractivity (Wildman–Crippen MR) is 162 cm³/mol. The molecule has 0 bridgehead atoms. The summed E-state index contributed by atoms with van der Waals surface area (Å²) in [6, 6.07) is 3.90. The van der Waals surface area contributed by atoms with E-state index in [1.165, 1.54) is 22.7 Å². The molecule has 210 valence electrons. The third-order valence-electron chi connectivity index (χ3n) is 9.50. The van der Waals surface area contributed by atoms with E-state index in [0.717, 1.165) is 81.8 Å². The van der Waals surface area contributed by atoms with Gasteiger partial charge in [0, 0.05) is 29.2 Å². The Morgan fingerprint density at radius 1 is 0.683 bits per heavy atom. The van der Waals surface area contributed by atoms with Gasteiger partial charge in [-0.05, 0) is 51.7 Å². The number of fused-ring (bicyclic) bond motifs is 7. The van der Waals surface area contributed by atoms with Gasteiger partial charge in [0.1, 0.15) is 15.6 Å². The smallest absolute Gasteiger partial charge is 0.188 e. The lowest BCUT2D eigenvalue weighted by Crippen LogP contribution is -2.27. The van der Waals surface area contributed by atoms with Crippen molar-refractivity contribution in [2.75, 3.05) is 0 Å². The van der Waals surface area contributed by atoms with Crippen LogP contribution in [0.15, 0.2) is 22.1 Å². The second-order valence-corrected chi connectivity index (χ2v) is 15.5. The maximum absolute atomic E-state index is 13.1. The molecule has 0 saturated heterocycles. The van der Waals surface area contributed by atoms with Gasteiger partial charge >= 0.3 is 0 Å². The van der Waals surface area contributed by atoms with Gasteiger partial charge in [-0.2, -0.15) is 0 Å². The van der Waals surface area contributed by atoms with E-state index >= 15 is 0 Å². The average molecular weight is 605 g/mol. The number of hydrogen-bond donors (Lipinski definition) is 0. The lowest BCUT2D eigenvalue weighted by atomic mass is 9.81. The van der Waals surface area contributed by atoms with Crippen LogP contribution in [0.5, 0.6) is 5.75 Å². The molecule has 4 unspecified atom stereocenters. The summed E-state index contributed by atoms with van der Waals surface area (Å²) >= 11 is 4.53. The lowest BCUT2D eigenvalue weighted by molar-refractivity contribution is -0.120. The Hall–Kier alpha value is -2.82. The second-order valence-electron chi connectivity index (χ2n) is 12.4. The van der Waals surface area contributed by atoms with Crippen LogP contribution in [0.2, 0.25) is 0 Å². The molecule has 3 aromatic rings. The highest BCUT2D eigenvalue weighted by atomic mass is 32.1. The summed E-state index contributed by atoms with van der Waals surface area (Å²) in [7, 11) is 0. The zero-order chi connectivity index (χ0) is 28.2. The van der Waals surface area contributed by atoms with Crippen molar-refractivity contribution in [3.05, 3.63) is 17.7 Å². The summed E-state index contributed by atoms with van der Waals surface area (Å²) in [6.45, 7) is 4.02. The third-order valence-corrected chi connectivity index (χ3v) is 13.0. The Kier molecular flexibility index (Phi) is 5.73. The van der Waals surface area contributed by atoms with Crippen molar-refractivity contribution in [1.82, 2.24) is 0 Å². The number of hydrogen-bond acceptors (Lipinski definition) is 10. The minimum atomic E-state index is -0.647. The van der Waals surface area contributed by atoms with E-state index in [4.69, 9.17) is 4.74 Å². The fraction of sp³-hybridized carbons (Fsp3) is 0.484. The number of aliphatic imine (C=N–C) groups is 2. The van der Waals surface area contributed by atoms with Gasteiger partial charge in [-0.25, -0.2) is 9.98 Å².